The maximum Gasteiger partial charge on any atom is 0.254 e. The Morgan fingerprint density at radius 3 is 2.26 bits per heavy atom. The minimum Gasteiger partial charge on any atom is -0.386 e. The molecule has 0 radical (unpaired) electrons. The van der Waals surface area contributed by atoms with E-state index in [9.17, 15) is 19.1 Å². The molecule has 3 aromatic carbocycles. The first-order chi connectivity index (χ1) is 16.5. The lowest BCUT2D eigenvalue weighted by molar-refractivity contribution is -0.123. The van der Waals surface area contributed by atoms with Crippen molar-refractivity contribution >= 4 is 39.1 Å². The second kappa shape index (κ2) is 9.13. The van der Waals surface area contributed by atoms with Crippen LogP contribution < -0.4 is 10.3 Å². The highest BCUT2D eigenvalue weighted by atomic mass is 79.9. The Kier molecular flexibility index (Phi) is 6.03. The smallest absolute Gasteiger partial charge is 0.254 e. The molecule has 0 bridgehead atoms. The van der Waals surface area contributed by atoms with Gasteiger partial charge in [0.05, 0.1) is 29.4 Å². The van der Waals surface area contributed by atoms with E-state index in [0.717, 1.165) is 9.37 Å². The molecule has 0 saturated carbocycles. The third-order valence-corrected chi connectivity index (χ3v) is 6.66. The van der Waals surface area contributed by atoms with Gasteiger partial charge in [0.1, 0.15) is 11.9 Å². The third kappa shape index (κ3) is 3.94. The fourth-order valence-electron chi connectivity index (χ4n) is 4.45. The molecule has 1 fully saturated rings. The zero-order valence-corrected chi connectivity index (χ0v) is 19.5. The van der Waals surface area contributed by atoms with Gasteiger partial charge in [-0.05, 0) is 42.0 Å². The van der Waals surface area contributed by atoms with Crippen LogP contribution in [0, 0.1) is 11.7 Å². The number of aliphatic hydroxyl groups excluding tert-OH is 1. The number of carbonyl (C=O) groups excluding carboxylic acids is 2. The van der Waals surface area contributed by atoms with E-state index in [-0.39, 0.29) is 11.6 Å². The number of nitrogens with one attached hydrogen (secondary N) is 1. The number of para-hydroxylation sites is 2. The van der Waals surface area contributed by atoms with E-state index < -0.39 is 35.8 Å². The largest absolute Gasteiger partial charge is 0.386 e. The Morgan fingerprint density at radius 2 is 1.56 bits per heavy atom. The van der Waals surface area contributed by atoms with Crippen LogP contribution in [0.1, 0.15) is 11.7 Å². The maximum atomic E-state index is 14.6. The van der Waals surface area contributed by atoms with Gasteiger partial charge in [-0.2, -0.15) is 0 Å². The van der Waals surface area contributed by atoms with Gasteiger partial charge in [0.25, 0.3) is 5.91 Å². The number of carbonyl (C=O) groups is 2. The van der Waals surface area contributed by atoms with Crippen molar-refractivity contribution in [1.29, 1.82) is 0 Å². The minimum atomic E-state index is -1.04. The molecule has 8 heteroatoms. The van der Waals surface area contributed by atoms with E-state index in [1.54, 1.807) is 72.8 Å². The SMILES string of the molecule is O=C1C2C=CC(C(O)c3ccc(Br)cc3)N(Nc3ccccc3F)C2C(=O)N1c1ccccc1. The van der Waals surface area contributed by atoms with Crippen molar-refractivity contribution in [2.75, 3.05) is 10.3 Å². The summed E-state index contributed by atoms with van der Waals surface area (Å²) in [6.45, 7) is 0. The number of anilines is 2. The van der Waals surface area contributed by atoms with E-state index in [0.29, 0.717) is 11.3 Å². The number of hydrazine groups is 1. The van der Waals surface area contributed by atoms with Crippen LogP contribution in [0.25, 0.3) is 0 Å². The zero-order valence-electron chi connectivity index (χ0n) is 17.9. The Balaban J connectivity index is 1.56. The predicted octanol–water partition coefficient (Wildman–Crippen LogP) is 4.45. The van der Waals surface area contributed by atoms with E-state index in [4.69, 9.17) is 0 Å². The molecule has 2 amide bonds. The summed E-state index contributed by atoms with van der Waals surface area (Å²) < 4.78 is 15.4. The lowest BCUT2D eigenvalue weighted by Gasteiger charge is -2.40. The molecular formula is C26H21BrFN3O3. The first-order valence-corrected chi connectivity index (χ1v) is 11.6. The summed E-state index contributed by atoms with van der Waals surface area (Å²) in [6.07, 6.45) is 2.32. The van der Waals surface area contributed by atoms with Crippen molar-refractivity contribution in [2.24, 2.45) is 5.92 Å². The van der Waals surface area contributed by atoms with Gasteiger partial charge < -0.3 is 10.5 Å². The summed E-state index contributed by atoms with van der Waals surface area (Å²) in [6, 6.07) is 20.2. The molecule has 2 heterocycles. The first kappa shape index (κ1) is 22.5. The summed E-state index contributed by atoms with van der Waals surface area (Å²) in [5, 5.41) is 12.8. The number of hydrogen-bond donors (Lipinski definition) is 2. The first-order valence-electron chi connectivity index (χ1n) is 10.8. The Morgan fingerprint density at radius 1 is 0.882 bits per heavy atom. The van der Waals surface area contributed by atoms with Crippen molar-refractivity contribution in [3.05, 3.63) is 107 Å². The summed E-state index contributed by atoms with van der Waals surface area (Å²) in [5.74, 6) is -2.10. The number of hydrogen-bond acceptors (Lipinski definition) is 5. The molecule has 2 aliphatic heterocycles. The van der Waals surface area contributed by atoms with Gasteiger partial charge in [-0.3, -0.25) is 9.59 Å². The molecule has 0 spiro atoms. The topological polar surface area (TPSA) is 72.9 Å². The van der Waals surface area contributed by atoms with Gasteiger partial charge in [0.15, 0.2) is 0 Å². The van der Waals surface area contributed by atoms with Crippen LogP contribution in [-0.4, -0.2) is 34.0 Å². The molecule has 4 atom stereocenters. The monoisotopic (exact) mass is 521 g/mol. The van der Waals surface area contributed by atoms with Crippen LogP contribution >= 0.6 is 15.9 Å². The Hall–Kier alpha value is -3.33. The summed E-state index contributed by atoms with van der Waals surface area (Å²) in [7, 11) is 0. The molecule has 5 rings (SSSR count). The highest BCUT2D eigenvalue weighted by Crippen LogP contribution is 2.38. The van der Waals surface area contributed by atoms with Gasteiger partial charge in [0, 0.05) is 4.47 Å². The molecule has 4 unspecified atom stereocenters. The highest BCUT2D eigenvalue weighted by Gasteiger charge is 2.54. The number of rotatable bonds is 5. The van der Waals surface area contributed by atoms with Gasteiger partial charge in [-0.1, -0.05) is 70.5 Å². The quantitative estimate of drug-likeness (QED) is 0.383. The molecular weight excluding hydrogens is 501 g/mol. The third-order valence-electron chi connectivity index (χ3n) is 6.13. The van der Waals surface area contributed by atoms with Crippen molar-refractivity contribution in [3.8, 4) is 0 Å². The molecule has 1 saturated heterocycles. The zero-order chi connectivity index (χ0) is 23.8. The second-order valence-electron chi connectivity index (χ2n) is 8.19. The molecule has 172 valence electrons. The van der Waals surface area contributed by atoms with Crippen molar-refractivity contribution in [3.63, 3.8) is 0 Å². The lowest BCUT2D eigenvalue weighted by Crippen LogP contribution is -2.55. The van der Waals surface area contributed by atoms with Crippen molar-refractivity contribution in [2.45, 2.75) is 18.2 Å². The lowest BCUT2D eigenvalue weighted by atomic mass is 9.90. The maximum absolute atomic E-state index is 14.6. The van der Waals surface area contributed by atoms with Gasteiger partial charge in [-0.25, -0.2) is 14.3 Å². The van der Waals surface area contributed by atoms with Crippen LogP contribution in [-0.2, 0) is 9.59 Å². The number of halogens is 2. The average Bonchev–Trinajstić information content (AvgIpc) is 3.11. The fourth-order valence-corrected chi connectivity index (χ4v) is 4.72. The van der Waals surface area contributed by atoms with E-state index in [1.807, 2.05) is 12.1 Å². The molecule has 2 aliphatic rings. The Bertz CT molecular complexity index is 1250. The van der Waals surface area contributed by atoms with Crippen molar-refractivity contribution < 1.29 is 19.1 Å². The number of nitrogens with zero attached hydrogens (tertiary/aromatic N) is 2. The molecule has 6 nitrogen and oxygen atoms in total. The summed E-state index contributed by atoms with van der Waals surface area (Å²) in [4.78, 5) is 28.0. The van der Waals surface area contributed by atoms with Gasteiger partial charge in [-0.15, -0.1) is 0 Å². The van der Waals surface area contributed by atoms with Crippen LogP contribution in [0.15, 0.2) is 95.5 Å². The standard InChI is InChI=1S/C26H21BrFN3O3/c27-17-12-10-16(11-13-17)24(32)22-15-14-19-23(31(22)29-21-9-5-4-8-20(21)28)26(34)30(25(19)33)18-6-2-1-3-7-18/h1-15,19,22-24,29,32H. The molecule has 3 aromatic rings. The van der Waals surface area contributed by atoms with Gasteiger partial charge >= 0.3 is 0 Å². The second-order valence-corrected chi connectivity index (χ2v) is 9.10. The number of amides is 2. The van der Waals surface area contributed by atoms with Crippen LogP contribution in [0.4, 0.5) is 15.8 Å². The van der Waals surface area contributed by atoms with E-state index >= 15 is 0 Å². The molecule has 2 N–H and O–H groups in total. The number of imide groups is 1. The van der Waals surface area contributed by atoms with Crippen LogP contribution in [0.3, 0.4) is 0 Å². The number of aliphatic hydroxyl groups is 1. The highest BCUT2D eigenvalue weighted by molar-refractivity contribution is 9.10. The normalized spacial score (nSPS) is 23.1. The average molecular weight is 522 g/mol. The molecule has 0 aromatic heterocycles. The predicted molar refractivity (Wildman–Crippen MR) is 130 cm³/mol. The molecule has 34 heavy (non-hydrogen) atoms. The van der Waals surface area contributed by atoms with Crippen molar-refractivity contribution in [1.82, 2.24) is 5.01 Å². The van der Waals surface area contributed by atoms with Crippen LogP contribution in [0.2, 0.25) is 0 Å². The summed E-state index contributed by atoms with van der Waals surface area (Å²) >= 11 is 3.39. The molecule has 0 aliphatic carbocycles. The number of benzene rings is 3. The summed E-state index contributed by atoms with van der Waals surface area (Å²) in [5.41, 5.74) is 4.22. The fraction of sp³-hybridized carbons (Fsp3) is 0.154. The van der Waals surface area contributed by atoms with E-state index in [1.165, 1.54) is 11.1 Å². The minimum absolute atomic E-state index is 0.142. The van der Waals surface area contributed by atoms with Gasteiger partial charge in [0.2, 0.25) is 5.91 Å². The number of fused-ring (bicyclic) bond motifs is 1. The van der Waals surface area contributed by atoms with Crippen LogP contribution in [0.5, 0.6) is 0 Å². The van der Waals surface area contributed by atoms with E-state index in [2.05, 4.69) is 21.4 Å². The Labute approximate surface area is 204 Å².